The van der Waals surface area contributed by atoms with Crippen LogP contribution in [0.25, 0.3) is 11.1 Å². The van der Waals surface area contributed by atoms with Crippen LogP contribution in [0.1, 0.15) is 37.1 Å². The maximum Gasteiger partial charge on any atom is 1.00 e. The van der Waals surface area contributed by atoms with Gasteiger partial charge >= 0.3 is 18.9 Å². The number of piperidine rings is 1. The van der Waals surface area contributed by atoms with Gasteiger partial charge in [-0.3, -0.25) is 4.79 Å². The molecule has 2 aliphatic rings. The van der Waals surface area contributed by atoms with Crippen LogP contribution in [-0.2, 0) is 6.42 Å². The smallest absolute Gasteiger partial charge is 0.544 e. The predicted octanol–water partition coefficient (Wildman–Crippen LogP) is 1.58. The predicted molar refractivity (Wildman–Crippen MR) is 147 cm³/mol. The van der Waals surface area contributed by atoms with E-state index in [2.05, 4.69) is 27.3 Å². The number of nitrogens with zero attached hydrogens (tertiary/aromatic N) is 2. The topological polar surface area (TPSA) is 101 Å². The van der Waals surface area contributed by atoms with Gasteiger partial charge in [0.25, 0.3) is 5.91 Å². The first-order valence-electron chi connectivity index (χ1n) is 12.2. The SMILES string of the molecule is Cc1[nH]c(C(=O)NC2[C@H]3CN(c4nc(Cc5ccc(-c6ccccc6)cc5)c(C(=O)[O-])s4)C[C@@H]23)c(Cl)c1Cl.[Li+]. The molecule has 194 valence electrons. The number of aryl methyl sites for hydroxylation is 1. The molecule has 3 atom stereocenters. The molecule has 0 radical (unpaired) electrons. The van der Waals surface area contributed by atoms with E-state index in [1.165, 1.54) is 0 Å². The first-order valence-corrected chi connectivity index (χ1v) is 13.8. The van der Waals surface area contributed by atoms with Crippen LogP contribution in [0.15, 0.2) is 54.6 Å². The van der Waals surface area contributed by atoms with Gasteiger partial charge in [-0.2, -0.15) is 0 Å². The van der Waals surface area contributed by atoms with Gasteiger partial charge in [-0.25, -0.2) is 4.98 Å². The van der Waals surface area contributed by atoms with Crippen molar-refractivity contribution in [2.45, 2.75) is 19.4 Å². The average molecular weight is 573 g/mol. The van der Waals surface area contributed by atoms with Gasteiger partial charge in [-0.05, 0) is 23.6 Å². The Bertz CT molecular complexity index is 1530. The van der Waals surface area contributed by atoms with Gasteiger partial charge in [0.15, 0.2) is 5.13 Å². The van der Waals surface area contributed by atoms with Gasteiger partial charge in [-0.1, -0.05) is 89.1 Å². The number of amides is 1. The Balaban J connectivity index is 0.00000308. The zero-order chi connectivity index (χ0) is 26.6. The van der Waals surface area contributed by atoms with Crippen molar-refractivity contribution in [1.29, 1.82) is 0 Å². The summed E-state index contributed by atoms with van der Waals surface area (Å²) in [6.07, 6.45) is 0.410. The normalized spacial score (nSPS) is 19.4. The molecule has 2 fully saturated rings. The molecule has 1 saturated heterocycles. The Morgan fingerprint density at radius 2 is 1.69 bits per heavy atom. The third-order valence-electron chi connectivity index (χ3n) is 7.35. The van der Waals surface area contributed by atoms with Gasteiger partial charge in [0.1, 0.15) is 5.69 Å². The van der Waals surface area contributed by atoms with E-state index in [-0.39, 0.29) is 58.2 Å². The number of H-pyrrole nitrogens is 1. The van der Waals surface area contributed by atoms with Crippen molar-refractivity contribution in [3.63, 3.8) is 0 Å². The van der Waals surface area contributed by atoms with Gasteiger partial charge in [0.05, 0.1) is 26.6 Å². The van der Waals surface area contributed by atoms with Crippen molar-refractivity contribution >= 4 is 51.5 Å². The van der Waals surface area contributed by atoms with E-state index in [4.69, 9.17) is 28.2 Å². The van der Waals surface area contributed by atoms with E-state index in [0.717, 1.165) is 28.0 Å². The van der Waals surface area contributed by atoms with Crippen LogP contribution < -0.4 is 34.2 Å². The Hall–Kier alpha value is -2.73. The minimum atomic E-state index is -1.21. The molecule has 0 bridgehead atoms. The zero-order valence-corrected chi connectivity index (χ0v) is 23.7. The third-order valence-corrected chi connectivity index (χ3v) is 9.43. The number of carboxylic acid groups (broad SMARTS) is 1. The number of carboxylic acids is 1. The summed E-state index contributed by atoms with van der Waals surface area (Å²) in [5.41, 5.74) is 4.65. The molecule has 1 saturated carbocycles. The quantitative estimate of drug-likeness (QED) is 0.327. The number of hydrogen-bond acceptors (Lipinski definition) is 6. The number of benzene rings is 2. The first-order chi connectivity index (χ1) is 18.3. The van der Waals surface area contributed by atoms with Gasteiger partial charge < -0.3 is 25.1 Å². The van der Waals surface area contributed by atoms with Crippen molar-refractivity contribution in [3.8, 4) is 11.1 Å². The Labute approximate surface area is 251 Å². The number of thiazole rings is 1. The van der Waals surface area contributed by atoms with E-state index in [0.29, 0.717) is 41.1 Å². The van der Waals surface area contributed by atoms with Crippen LogP contribution in [0.2, 0.25) is 10.0 Å². The standard InChI is InChI=1S/C28H24Cl2N4O3S.Li/c1-14-21(29)22(30)24(31-14)26(35)33-23-18-12-34(13-19(18)23)28-32-20(25(38-28)27(36)37)11-15-7-9-17(10-8-15)16-5-3-2-4-6-16;/h2-10,18-19,23,31H,11-13H2,1H3,(H,33,35)(H,36,37);/q;+1/p-1/t18-,19+,23?;. The number of carbonyl (C=O) groups is 2. The fourth-order valence-electron chi connectivity index (χ4n) is 5.24. The number of fused-ring (bicyclic) bond motifs is 1. The third kappa shape index (κ3) is 5.37. The summed E-state index contributed by atoms with van der Waals surface area (Å²) in [5, 5.41) is 16.2. The summed E-state index contributed by atoms with van der Waals surface area (Å²) in [4.78, 5) is 34.5. The van der Waals surface area contributed by atoms with Crippen LogP contribution >= 0.6 is 34.5 Å². The number of halogens is 2. The average Bonchev–Trinajstić information content (AvgIpc) is 3.27. The molecule has 2 aromatic carbocycles. The molecular weight excluding hydrogens is 550 g/mol. The minimum Gasteiger partial charge on any atom is -0.544 e. The Morgan fingerprint density at radius 1 is 1.05 bits per heavy atom. The number of aromatic nitrogens is 2. The van der Waals surface area contributed by atoms with Crippen molar-refractivity contribution in [3.05, 3.63) is 92.2 Å². The van der Waals surface area contributed by atoms with Gasteiger partial charge in [-0.15, -0.1) is 0 Å². The second-order valence-corrected chi connectivity index (χ2v) is 11.5. The summed E-state index contributed by atoms with van der Waals surface area (Å²) in [7, 11) is 0. The van der Waals surface area contributed by atoms with Gasteiger partial charge in [0.2, 0.25) is 0 Å². The summed E-state index contributed by atoms with van der Waals surface area (Å²) in [5.74, 6) is -0.942. The molecule has 6 rings (SSSR count). The number of aromatic amines is 1. The maximum absolute atomic E-state index is 12.7. The zero-order valence-electron chi connectivity index (χ0n) is 21.3. The Morgan fingerprint density at radius 3 is 2.28 bits per heavy atom. The second kappa shape index (κ2) is 11.0. The molecule has 2 N–H and O–H groups in total. The van der Waals surface area contributed by atoms with E-state index >= 15 is 0 Å². The fourth-order valence-corrected chi connectivity index (χ4v) is 6.59. The molecule has 1 aliphatic heterocycles. The van der Waals surface area contributed by atoms with E-state index in [1.807, 2.05) is 42.5 Å². The number of nitrogens with one attached hydrogen (secondary N) is 2. The number of rotatable bonds is 7. The molecular formula is C28H23Cl2LiN4O3S. The van der Waals surface area contributed by atoms with E-state index in [9.17, 15) is 14.7 Å². The monoisotopic (exact) mass is 572 g/mol. The summed E-state index contributed by atoms with van der Waals surface area (Å²) in [6, 6.07) is 18.2. The molecule has 39 heavy (non-hydrogen) atoms. The molecule has 11 heteroatoms. The van der Waals surface area contributed by atoms with E-state index in [1.54, 1.807) is 6.92 Å². The molecule has 3 heterocycles. The Kier molecular flexibility index (Phi) is 7.87. The number of aromatic carboxylic acids is 1. The van der Waals surface area contributed by atoms with Crippen LogP contribution in [0, 0.1) is 18.8 Å². The molecule has 4 aromatic rings. The number of hydrogen-bond donors (Lipinski definition) is 2. The summed E-state index contributed by atoms with van der Waals surface area (Å²) < 4.78 is 0. The van der Waals surface area contributed by atoms with Crippen LogP contribution in [0.4, 0.5) is 5.13 Å². The molecule has 7 nitrogen and oxygen atoms in total. The van der Waals surface area contributed by atoms with Crippen LogP contribution in [-0.4, -0.2) is 41.0 Å². The molecule has 0 spiro atoms. The molecule has 1 unspecified atom stereocenters. The van der Waals surface area contributed by atoms with Crippen molar-refractivity contribution < 1.29 is 33.6 Å². The maximum atomic E-state index is 12.7. The first kappa shape index (κ1) is 27.8. The largest absolute Gasteiger partial charge is 1.00 e. The van der Waals surface area contributed by atoms with Gasteiger partial charge in [0, 0.05) is 43.1 Å². The van der Waals surface area contributed by atoms with Crippen molar-refractivity contribution in [2.24, 2.45) is 11.8 Å². The number of anilines is 1. The minimum absolute atomic E-state index is 0. The summed E-state index contributed by atoms with van der Waals surface area (Å²) >= 11 is 13.4. The van der Waals surface area contributed by atoms with Crippen LogP contribution in [0.5, 0.6) is 0 Å². The number of carbonyl (C=O) groups excluding carboxylic acids is 2. The van der Waals surface area contributed by atoms with E-state index < -0.39 is 5.97 Å². The molecule has 1 amide bonds. The summed E-state index contributed by atoms with van der Waals surface area (Å²) in [6.45, 7) is 3.15. The van der Waals surface area contributed by atoms with Crippen LogP contribution in [0.3, 0.4) is 0 Å². The molecule has 2 aromatic heterocycles. The fraction of sp³-hybridized carbons (Fsp3) is 0.250. The molecule has 1 aliphatic carbocycles. The van der Waals surface area contributed by atoms with Crippen molar-refractivity contribution in [1.82, 2.24) is 15.3 Å². The van der Waals surface area contributed by atoms with Crippen molar-refractivity contribution in [2.75, 3.05) is 18.0 Å². The second-order valence-electron chi connectivity index (χ2n) is 9.78.